The van der Waals surface area contributed by atoms with Crippen LogP contribution in [0.25, 0.3) is 0 Å². The summed E-state index contributed by atoms with van der Waals surface area (Å²) in [5.74, 6) is -3.86. The van der Waals surface area contributed by atoms with Gasteiger partial charge in [-0.15, -0.1) is 0 Å². The molecule has 0 aliphatic carbocycles. The lowest BCUT2D eigenvalue weighted by atomic mass is 9.92. The molecule has 1 aliphatic rings. The molecule has 52 heavy (non-hydrogen) atoms. The molecule has 0 saturated carbocycles. The van der Waals surface area contributed by atoms with Crippen LogP contribution in [0, 0.1) is 21.7 Å². The summed E-state index contributed by atoms with van der Waals surface area (Å²) in [4.78, 5) is 53.9. The summed E-state index contributed by atoms with van der Waals surface area (Å²) in [7, 11) is -4.06. The Balaban J connectivity index is 2.93. The third-order valence-corrected chi connectivity index (χ3v) is 10.5. The Morgan fingerprint density at radius 1 is 0.692 bits per heavy atom. The van der Waals surface area contributed by atoms with Crippen molar-refractivity contribution in [2.75, 3.05) is 19.8 Å². The van der Waals surface area contributed by atoms with Gasteiger partial charge in [0.25, 0.3) is 0 Å². The first kappa shape index (κ1) is 45.8. The number of hydrogen-bond acceptors (Lipinski definition) is 13. The summed E-state index contributed by atoms with van der Waals surface area (Å²) in [6.45, 7) is 22.8. The van der Waals surface area contributed by atoms with Crippen molar-refractivity contribution in [3.63, 3.8) is 0 Å². The molecule has 0 unspecified atom stereocenters. The van der Waals surface area contributed by atoms with E-state index in [1.54, 1.807) is 121 Å². The number of carbonyl (C=O) groups excluding carboxylic acids is 4. The molecule has 1 heterocycles. The summed E-state index contributed by atoms with van der Waals surface area (Å²) in [6.07, 6.45) is -7.13. The normalized spacial score (nSPS) is 22.2. The fourth-order valence-corrected chi connectivity index (χ4v) is 6.80. The van der Waals surface area contributed by atoms with Crippen molar-refractivity contribution >= 4 is 47.4 Å². The van der Waals surface area contributed by atoms with Crippen molar-refractivity contribution in [1.82, 2.24) is 5.32 Å². The fourth-order valence-electron chi connectivity index (χ4n) is 4.58. The zero-order chi connectivity index (χ0) is 40.0. The Hall–Kier alpha value is -2.35. The number of benzene rings is 1. The molecule has 1 N–H and O–H groups in total. The minimum Gasteiger partial charge on any atom is -0.462 e. The van der Waals surface area contributed by atoms with Gasteiger partial charge in [-0.3, -0.25) is 29.1 Å². The van der Waals surface area contributed by atoms with E-state index in [9.17, 15) is 23.7 Å². The molecule has 15 heteroatoms. The van der Waals surface area contributed by atoms with E-state index in [1.165, 1.54) is 0 Å². The highest BCUT2D eigenvalue weighted by Gasteiger charge is 2.56. The number of rotatable bonds is 13. The summed E-state index contributed by atoms with van der Waals surface area (Å²) >= 11 is 3.43. The van der Waals surface area contributed by atoms with Gasteiger partial charge >= 0.3 is 31.5 Å². The van der Waals surface area contributed by atoms with Gasteiger partial charge in [0.1, 0.15) is 18.5 Å². The second-order valence-corrected chi connectivity index (χ2v) is 19.8. The first-order valence-electron chi connectivity index (χ1n) is 17.5. The van der Waals surface area contributed by atoms with Crippen LogP contribution >= 0.6 is 23.5 Å². The van der Waals surface area contributed by atoms with Gasteiger partial charge in [0.15, 0.2) is 24.5 Å². The molecule has 0 bridgehead atoms. The van der Waals surface area contributed by atoms with E-state index < -0.39 is 96.2 Å². The number of hydrogen-bond donors (Lipinski definition) is 1. The molecule has 1 saturated heterocycles. The van der Waals surface area contributed by atoms with Crippen LogP contribution in [0.15, 0.2) is 28.7 Å². The minimum absolute atomic E-state index is 0.0297. The van der Waals surface area contributed by atoms with Gasteiger partial charge in [0.2, 0.25) is 0 Å². The Labute approximate surface area is 317 Å². The molecule has 1 fully saturated rings. The van der Waals surface area contributed by atoms with Crippen molar-refractivity contribution in [2.24, 2.45) is 21.7 Å². The molecule has 1 aliphatic heterocycles. The molecule has 296 valence electrons. The predicted molar refractivity (Wildman–Crippen MR) is 198 cm³/mol. The molecule has 1 aromatic rings. The zero-order valence-corrected chi connectivity index (χ0v) is 35.6. The van der Waals surface area contributed by atoms with Gasteiger partial charge in [-0.05, 0) is 115 Å². The van der Waals surface area contributed by atoms with E-state index in [0.29, 0.717) is 5.56 Å². The number of halogens is 1. The first-order valence-corrected chi connectivity index (χ1v) is 19.9. The number of carbonyl (C=O) groups is 4. The largest absolute Gasteiger partial charge is 0.462 e. The minimum atomic E-state index is -4.06. The summed E-state index contributed by atoms with van der Waals surface area (Å²) < 4.78 is 57.5. The maximum atomic E-state index is 14.6. The van der Waals surface area contributed by atoms with Crippen LogP contribution in [0.1, 0.15) is 108 Å². The Morgan fingerprint density at radius 3 is 1.50 bits per heavy atom. The van der Waals surface area contributed by atoms with Crippen LogP contribution in [0.5, 0.6) is 0 Å². The molecular formula is C37H59BrNO12P. The van der Waals surface area contributed by atoms with Gasteiger partial charge in [0, 0.05) is 4.47 Å². The second kappa shape index (κ2) is 17.9. The average Bonchev–Trinajstić information content (AvgIpc) is 2.99. The van der Waals surface area contributed by atoms with Crippen molar-refractivity contribution in [1.29, 1.82) is 0 Å². The number of nitrogens with one attached hydrogen (secondary N) is 1. The molecule has 2 rings (SSSR count). The van der Waals surface area contributed by atoms with Crippen LogP contribution in [-0.2, 0) is 56.5 Å². The quantitative estimate of drug-likeness (QED) is 0.119. The Kier molecular flexibility index (Phi) is 15.7. The maximum Gasteiger partial charge on any atom is 0.352 e. The maximum absolute atomic E-state index is 14.6. The molecule has 13 nitrogen and oxygen atoms in total. The Morgan fingerprint density at radius 2 is 1.10 bits per heavy atom. The summed E-state index contributed by atoms with van der Waals surface area (Å²) in [5.41, 5.74) is -3.55. The van der Waals surface area contributed by atoms with Gasteiger partial charge < -0.3 is 32.7 Å². The van der Waals surface area contributed by atoms with Crippen LogP contribution in [-0.4, -0.2) is 74.3 Å². The van der Waals surface area contributed by atoms with E-state index >= 15 is 0 Å². The van der Waals surface area contributed by atoms with E-state index in [0.717, 1.165) is 4.47 Å². The predicted octanol–water partition coefficient (Wildman–Crippen LogP) is 7.49. The highest BCUT2D eigenvalue weighted by atomic mass is 79.9. The Bertz CT molecular complexity index is 1430. The SMILES string of the molecule is CCOP(=O)(OCC)[C@H](N[C@@H]1O[C@H](COC(=O)C(C)(C)C)[C@H](OC(=O)C(C)(C)C)[C@H](OC(=O)C(C)(C)C)[C@H]1OC(=O)C(C)(C)C)c1ccc(Br)cc1. The van der Waals surface area contributed by atoms with Crippen LogP contribution in [0.4, 0.5) is 0 Å². The summed E-state index contributed by atoms with van der Waals surface area (Å²) in [6, 6.07) is 6.91. The number of ether oxygens (including phenoxy) is 5. The molecule has 0 radical (unpaired) electrons. The highest BCUT2D eigenvalue weighted by Crippen LogP contribution is 2.60. The molecule has 0 spiro atoms. The molecule has 0 aromatic heterocycles. The average molecular weight is 821 g/mol. The molecular weight excluding hydrogens is 761 g/mol. The van der Waals surface area contributed by atoms with Crippen LogP contribution < -0.4 is 5.32 Å². The first-order chi connectivity index (χ1) is 23.7. The van der Waals surface area contributed by atoms with E-state index in [1.807, 2.05) is 0 Å². The van der Waals surface area contributed by atoms with Crippen molar-refractivity contribution < 1.29 is 56.5 Å². The monoisotopic (exact) mass is 819 g/mol. The molecule has 1 aromatic carbocycles. The molecule has 6 atom stereocenters. The van der Waals surface area contributed by atoms with Crippen LogP contribution in [0.2, 0.25) is 0 Å². The van der Waals surface area contributed by atoms with Gasteiger partial charge in [-0.2, -0.15) is 0 Å². The standard InChI is InChI=1S/C37H59BrNO12P/c1-15-46-52(44,47-16-2)29(22-17-19-23(38)20-18-22)39-28-27(51-33(43)37(12,13)14)26(50-32(42)36(9,10)11)25(49-31(41)35(6,7)8)24(48-28)21-45-30(40)34(3,4)5/h17-20,24-29,39H,15-16,21H2,1-14H3/t24-,25+,26+,27-,28-,29+/m1/s1. The van der Waals surface area contributed by atoms with Crippen LogP contribution in [0.3, 0.4) is 0 Å². The summed E-state index contributed by atoms with van der Waals surface area (Å²) in [5, 5.41) is 3.20. The van der Waals surface area contributed by atoms with E-state index in [-0.39, 0.29) is 13.2 Å². The lowest BCUT2D eigenvalue weighted by Gasteiger charge is -2.47. The zero-order valence-electron chi connectivity index (χ0n) is 33.1. The van der Waals surface area contributed by atoms with Crippen molar-refractivity contribution in [3.05, 3.63) is 34.3 Å². The van der Waals surface area contributed by atoms with Crippen molar-refractivity contribution in [2.45, 2.75) is 133 Å². The fraction of sp³-hybridized carbons (Fsp3) is 0.730. The van der Waals surface area contributed by atoms with E-state index in [4.69, 9.17) is 32.7 Å². The number of esters is 4. The van der Waals surface area contributed by atoms with Gasteiger partial charge in [-0.25, -0.2) is 0 Å². The topological polar surface area (TPSA) is 162 Å². The van der Waals surface area contributed by atoms with E-state index in [2.05, 4.69) is 21.2 Å². The van der Waals surface area contributed by atoms with Crippen molar-refractivity contribution in [3.8, 4) is 0 Å². The third kappa shape index (κ3) is 12.6. The lowest BCUT2D eigenvalue weighted by Crippen LogP contribution is -2.66. The van der Waals surface area contributed by atoms with Gasteiger partial charge in [-0.1, -0.05) is 28.1 Å². The molecule has 0 amide bonds. The highest BCUT2D eigenvalue weighted by molar-refractivity contribution is 9.10. The lowest BCUT2D eigenvalue weighted by molar-refractivity contribution is -0.265. The third-order valence-electron chi connectivity index (χ3n) is 7.63. The van der Waals surface area contributed by atoms with Gasteiger partial charge in [0.05, 0.1) is 34.9 Å². The smallest absolute Gasteiger partial charge is 0.352 e. The second-order valence-electron chi connectivity index (χ2n) is 16.8.